The predicted octanol–water partition coefficient (Wildman–Crippen LogP) is 4.17. The molecular formula is C17H26ClNO2. The average molecular weight is 312 g/mol. The number of piperidine rings is 1. The molecule has 0 spiro atoms. The molecule has 1 aliphatic rings. The van der Waals surface area contributed by atoms with Gasteiger partial charge in [0.05, 0.1) is 14.2 Å². The minimum absolute atomic E-state index is 0.339. The van der Waals surface area contributed by atoms with Gasteiger partial charge in [-0.1, -0.05) is 31.9 Å². The second-order valence-corrected chi connectivity index (χ2v) is 6.40. The molecule has 1 fully saturated rings. The summed E-state index contributed by atoms with van der Waals surface area (Å²) in [6.07, 6.45) is 4.72. The molecule has 4 heteroatoms. The van der Waals surface area contributed by atoms with Crippen molar-refractivity contribution in [3.8, 4) is 11.5 Å². The van der Waals surface area contributed by atoms with Gasteiger partial charge >= 0.3 is 0 Å². The van der Waals surface area contributed by atoms with Crippen LogP contribution in [0.3, 0.4) is 0 Å². The Hall–Kier alpha value is -0.930. The van der Waals surface area contributed by atoms with Crippen molar-refractivity contribution in [2.45, 2.75) is 51.5 Å². The molecule has 0 bridgehead atoms. The molecule has 1 aromatic rings. The summed E-state index contributed by atoms with van der Waals surface area (Å²) in [5.74, 6) is 1.88. The highest BCUT2D eigenvalue weighted by Crippen LogP contribution is 2.42. The van der Waals surface area contributed by atoms with Gasteiger partial charge in [0.25, 0.3) is 0 Å². The number of benzene rings is 1. The van der Waals surface area contributed by atoms with Gasteiger partial charge in [0.1, 0.15) is 0 Å². The molecule has 1 aromatic carbocycles. The standard InChI is InChI=1S/C17H26ClNO2/c1-11(2)16-13(9-12-7-5-6-8-19-12)14(18)10-15(20-3)17(16)21-4/h10-12,19H,5-9H2,1-4H3. The lowest BCUT2D eigenvalue weighted by molar-refractivity contribution is 0.348. The highest BCUT2D eigenvalue weighted by molar-refractivity contribution is 6.31. The highest BCUT2D eigenvalue weighted by Gasteiger charge is 2.24. The van der Waals surface area contributed by atoms with Crippen LogP contribution in [-0.4, -0.2) is 26.8 Å². The number of methoxy groups -OCH3 is 2. The molecule has 21 heavy (non-hydrogen) atoms. The van der Waals surface area contributed by atoms with Crippen molar-refractivity contribution in [2.24, 2.45) is 0 Å². The van der Waals surface area contributed by atoms with E-state index >= 15 is 0 Å². The van der Waals surface area contributed by atoms with E-state index in [0.29, 0.717) is 17.7 Å². The summed E-state index contributed by atoms with van der Waals surface area (Å²) in [5, 5.41) is 4.38. The second-order valence-electron chi connectivity index (χ2n) is 5.99. The Morgan fingerprint density at radius 1 is 1.29 bits per heavy atom. The Morgan fingerprint density at radius 2 is 2.05 bits per heavy atom. The summed E-state index contributed by atoms with van der Waals surface area (Å²) in [6.45, 7) is 5.45. The molecule has 1 unspecified atom stereocenters. The van der Waals surface area contributed by atoms with Crippen LogP contribution in [0, 0.1) is 0 Å². The Kier molecular flexibility index (Phi) is 5.77. The predicted molar refractivity (Wildman–Crippen MR) is 88.0 cm³/mol. The van der Waals surface area contributed by atoms with Crippen LogP contribution in [0.1, 0.15) is 50.2 Å². The number of ether oxygens (including phenoxy) is 2. The Balaban J connectivity index is 2.42. The molecule has 0 aliphatic carbocycles. The van der Waals surface area contributed by atoms with E-state index in [1.54, 1.807) is 14.2 Å². The van der Waals surface area contributed by atoms with Gasteiger partial charge in [0.15, 0.2) is 11.5 Å². The fourth-order valence-electron chi connectivity index (χ4n) is 3.19. The van der Waals surface area contributed by atoms with Gasteiger partial charge in [0.2, 0.25) is 0 Å². The minimum atomic E-state index is 0.339. The largest absolute Gasteiger partial charge is 0.493 e. The number of halogens is 1. The fourth-order valence-corrected chi connectivity index (χ4v) is 3.47. The van der Waals surface area contributed by atoms with Crippen LogP contribution in [-0.2, 0) is 6.42 Å². The molecule has 1 heterocycles. The van der Waals surface area contributed by atoms with Crippen molar-refractivity contribution in [3.05, 3.63) is 22.2 Å². The van der Waals surface area contributed by atoms with Gasteiger partial charge < -0.3 is 14.8 Å². The maximum Gasteiger partial charge on any atom is 0.164 e. The van der Waals surface area contributed by atoms with E-state index in [2.05, 4.69) is 19.2 Å². The van der Waals surface area contributed by atoms with Crippen molar-refractivity contribution in [1.82, 2.24) is 5.32 Å². The quantitative estimate of drug-likeness (QED) is 0.885. The Morgan fingerprint density at radius 3 is 2.57 bits per heavy atom. The van der Waals surface area contributed by atoms with Gasteiger partial charge in [-0.25, -0.2) is 0 Å². The maximum absolute atomic E-state index is 6.54. The molecule has 118 valence electrons. The first kappa shape index (κ1) is 16.4. The normalized spacial score (nSPS) is 18.9. The third-order valence-corrected chi connectivity index (χ3v) is 4.54. The molecule has 0 aromatic heterocycles. The molecule has 0 amide bonds. The lowest BCUT2D eigenvalue weighted by Gasteiger charge is -2.27. The third-order valence-electron chi connectivity index (χ3n) is 4.20. The van der Waals surface area contributed by atoms with Crippen LogP contribution < -0.4 is 14.8 Å². The fraction of sp³-hybridized carbons (Fsp3) is 0.647. The Labute approximate surface area is 133 Å². The molecular weight excluding hydrogens is 286 g/mol. The van der Waals surface area contributed by atoms with E-state index in [0.717, 1.165) is 23.7 Å². The van der Waals surface area contributed by atoms with Gasteiger partial charge in [0, 0.05) is 22.7 Å². The molecule has 2 rings (SSSR count). The van der Waals surface area contributed by atoms with Crippen LogP contribution in [0.4, 0.5) is 0 Å². The van der Waals surface area contributed by atoms with Crippen molar-refractivity contribution in [1.29, 1.82) is 0 Å². The minimum Gasteiger partial charge on any atom is -0.493 e. The summed E-state index contributed by atoms with van der Waals surface area (Å²) in [7, 11) is 3.35. The molecule has 1 aliphatic heterocycles. The smallest absolute Gasteiger partial charge is 0.164 e. The SMILES string of the molecule is COc1cc(Cl)c(CC2CCCCN2)c(C(C)C)c1OC. The van der Waals surface area contributed by atoms with Crippen molar-refractivity contribution >= 4 is 11.6 Å². The zero-order valence-electron chi connectivity index (χ0n) is 13.5. The molecule has 0 saturated carbocycles. The number of hydrogen-bond donors (Lipinski definition) is 1. The lowest BCUT2D eigenvalue weighted by Crippen LogP contribution is -2.36. The first-order chi connectivity index (χ1) is 10.1. The van der Waals surface area contributed by atoms with E-state index in [-0.39, 0.29) is 0 Å². The Bertz CT molecular complexity index is 482. The van der Waals surface area contributed by atoms with Gasteiger partial charge in [-0.3, -0.25) is 0 Å². The summed E-state index contributed by atoms with van der Waals surface area (Å²) >= 11 is 6.54. The van der Waals surface area contributed by atoms with Gasteiger partial charge in [-0.2, -0.15) is 0 Å². The summed E-state index contributed by atoms with van der Waals surface area (Å²) < 4.78 is 11.0. The number of nitrogens with one attached hydrogen (secondary N) is 1. The van der Waals surface area contributed by atoms with E-state index in [4.69, 9.17) is 21.1 Å². The van der Waals surface area contributed by atoms with Crippen molar-refractivity contribution < 1.29 is 9.47 Å². The molecule has 1 N–H and O–H groups in total. The maximum atomic E-state index is 6.54. The molecule has 0 radical (unpaired) electrons. The van der Waals surface area contributed by atoms with Crippen LogP contribution in [0.2, 0.25) is 5.02 Å². The molecule has 3 nitrogen and oxygen atoms in total. The molecule has 1 saturated heterocycles. The average Bonchev–Trinajstić information content (AvgIpc) is 2.49. The van der Waals surface area contributed by atoms with Crippen LogP contribution in [0.15, 0.2) is 6.07 Å². The van der Waals surface area contributed by atoms with Crippen LogP contribution in [0.25, 0.3) is 0 Å². The van der Waals surface area contributed by atoms with Gasteiger partial charge in [-0.05, 0) is 37.3 Å². The molecule has 1 atom stereocenters. The van der Waals surface area contributed by atoms with Crippen LogP contribution in [0.5, 0.6) is 11.5 Å². The van der Waals surface area contributed by atoms with Gasteiger partial charge in [-0.15, -0.1) is 0 Å². The van der Waals surface area contributed by atoms with Crippen LogP contribution >= 0.6 is 11.6 Å². The topological polar surface area (TPSA) is 30.5 Å². The third kappa shape index (κ3) is 3.64. The number of rotatable bonds is 5. The monoisotopic (exact) mass is 311 g/mol. The lowest BCUT2D eigenvalue weighted by atomic mass is 9.89. The van der Waals surface area contributed by atoms with E-state index < -0.39 is 0 Å². The first-order valence-electron chi connectivity index (χ1n) is 7.75. The van der Waals surface area contributed by atoms with Crippen molar-refractivity contribution in [2.75, 3.05) is 20.8 Å². The second kappa shape index (κ2) is 7.37. The zero-order chi connectivity index (χ0) is 15.4. The van der Waals surface area contributed by atoms with Crippen molar-refractivity contribution in [3.63, 3.8) is 0 Å². The first-order valence-corrected chi connectivity index (χ1v) is 8.12. The number of hydrogen-bond acceptors (Lipinski definition) is 3. The zero-order valence-corrected chi connectivity index (χ0v) is 14.2. The summed E-state index contributed by atoms with van der Waals surface area (Å²) in [4.78, 5) is 0. The van der Waals surface area contributed by atoms with E-state index in [9.17, 15) is 0 Å². The summed E-state index contributed by atoms with van der Waals surface area (Å²) in [5.41, 5.74) is 2.37. The van der Waals surface area contributed by atoms with E-state index in [1.807, 2.05) is 6.07 Å². The highest BCUT2D eigenvalue weighted by atomic mass is 35.5. The van der Waals surface area contributed by atoms with E-state index in [1.165, 1.54) is 30.4 Å². The summed E-state index contributed by atoms with van der Waals surface area (Å²) in [6, 6.07) is 2.39.